The molecule has 5 nitrogen and oxygen atoms in total. The third-order valence-corrected chi connectivity index (χ3v) is 7.87. The summed E-state index contributed by atoms with van der Waals surface area (Å²) in [4.78, 5) is 5.05. The molecule has 0 spiro atoms. The van der Waals surface area contributed by atoms with Gasteiger partial charge in [-0.1, -0.05) is 18.2 Å². The second kappa shape index (κ2) is 7.33. The summed E-state index contributed by atoms with van der Waals surface area (Å²) in [6.45, 7) is 8.04. The third kappa shape index (κ3) is 3.47. The van der Waals surface area contributed by atoms with Gasteiger partial charge in [0.1, 0.15) is 5.82 Å². The number of aryl methyl sites for hydroxylation is 3. The molecule has 6 heteroatoms. The van der Waals surface area contributed by atoms with Crippen LogP contribution in [0.2, 0.25) is 0 Å². The smallest absolute Gasteiger partial charge is 0.243 e. The summed E-state index contributed by atoms with van der Waals surface area (Å²) in [6, 6.07) is 13.6. The van der Waals surface area contributed by atoms with E-state index in [1.807, 2.05) is 45.0 Å². The first-order valence-corrected chi connectivity index (χ1v) is 11.3. The van der Waals surface area contributed by atoms with Crippen LogP contribution >= 0.6 is 0 Å². The highest BCUT2D eigenvalue weighted by Crippen LogP contribution is 2.27. The van der Waals surface area contributed by atoms with Gasteiger partial charge in [0.25, 0.3) is 0 Å². The van der Waals surface area contributed by atoms with E-state index in [-0.39, 0.29) is 0 Å². The number of rotatable bonds is 4. The lowest BCUT2D eigenvalue weighted by atomic mass is 9.98. The average Bonchev–Trinajstić information content (AvgIpc) is 3.00. The van der Waals surface area contributed by atoms with Crippen molar-refractivity contribution in [1.29, 1.82) is 0 Å². The molecule has 0 bridgehead atoms. The Balaban J connectivity index is 1.47. The molecule has 2 aromatic carbocycles. The van der Waals surface area contributed by atoms with E-state index in [0.29, 0.717) is 23.9 Å². The summed E-state index contributed by atoms with van der Waals surface area (Å²) in [5, 5.41) is 0. The second-order valence-electron chi connectivity index (χ2n) is 7.85. The van der Waals surface area contributed by atoms with E-state index in [2.05, 4.69) is 15.6 Å². The van der Waals surface area contributed by atoms with E-state index < -0.39 is 10.0 Å². The number of para-hydroxylation sites is 2. The van der Waals surface area contributed by atoms with Crippen molar-refractivity contribution in [3.8, 4) is 0 Å². The number of imidazole rings is 1. The molecule has 1 saturated heterocycles. The van der Waals surface area contributed by atoms with Gasteiger partial charge in [-0.05, 0) is 74.9 Å². The molecular formula is C22H27N3O2S. The third-order valence-electron chi connectivity index (χ3n) is 5.98. The SMILES string of the molecule is Cc1ccc(S(=O)(=O)N2CCC(Cn3c(C)nc4ccccc43)CC2)cc1C. The first-order chi connectivity index (χ1) is 13.4. The van der Waals surface area contributed by atoms with E-state index >= 15 is 0 Å². The number of hydrogen-bond donors (Lipinski definition) is 0. The maximum atomic E-state index is 13.0. The van der Waals surface area contributed by atoms with Crippen LogP contribution in [0, 0.1) is 26.7 Å². The van der Waals surface area contributed by atoms with Gasteiger partial charge in [-0.15, -0.1) is 0 Å². The predicted octanol–water partition coefficient (Wildman–Crippen LogP) is 4.06. The molecule has 0 radical (unpaired) electrons. The molecule has 28 heavy (non-hydrogen) atoms. The summed E-state index contributed by atoms with van der Waals surface area (Å²) in [7, 11) is -3.42. The van der Waals surface area contributed by atoms with Crippen LogP contribution in [-0.2, 0) is 16.6 Å². The second-order valence-corrected chi connectivity index (χ2v) is 9.79. The van der Waals surface area contributed by atoms with E-state index in [1.165, 1.54) is 0 Å². The molecule has 2 heterocycles. The molecule has 4 rings (SSSR count). The highest BCUT2D eigenvalue weighted by Gasteiger charge is 2.30. The van der Waals surface area contributed by atoms with Crippen molar-refractivity contribution < 1.29 is 8.42 Å². The topological polar surface area (TPSA) is 55.2 Å². The molecule has 1 fully saturated rings. The predicted molar refractivity (Wildman–Crippen MR) is 112 cm³/mol. The van der Waals surface area contributed by atoms with Gasteiger partial charge in [-0.3, -0.25) is 0 Å². The monoisotopic (exact) mass is 397 g/mol. The lowest BCUT2D eigenvalue weighted by Gasteiger charge is -2.31. The van der Waals surface area contributed by atoms with Crippen molar-refractivity contribution >= 4 is 21.1 Å². The molecule has 0 unspecified atom stereocenters. The van der Waals surface area contributed by atoms with E-state index in [4.69, 9.17) is 0 Å². The maximum absolute atomic E-state index is 13.0. The van der Waals surface area contributed by atoms with Gasteiger partial charge in [-0.25, -0.2) is 13.4 Å². The number of aromatic nitrogens is 2. The largest absolute Gasteiger partial charge is 0.328 e. The maximum Gasteiger partial charge on any atom is 0.243 e. The van der Waals surface area contributed by atoms with Crippen LogP contribution in [0.5, 0.6) is 0 Å². The summed E-state index contributed by atoms with van der Waals surface area (Å²) in [5.74, 6) is 1.48. The zero-order valence-electron chi connectivity index (χ0n) is 16.7. The molecule has 3 aromatic rings. The Morgan fingerprint density at radius 1 is 1.00 bits per heavy atom. The van der Waals surface area contributed by atoms with Gasteiger partial charge in [0.05, 0.1) is 15.9 Å². The normalized spacial score (nSPS) is 16.7. The Bertz CT molecular complexity index is 1110. The Morgan fingerprint density at radius 2 is 1.71 bits per heavy atom. The summed E-state index contributed by atoms with van der Waals surface area (Å²) < 4.78 is 29.9. The number of nitrogens with zero attached hydrogens (tertiary/aromatic N) is 3. The summed E-state index contributed by atoms with van der Waals surface area (Å²) >= 11 is 0. The zero-order valence-corrected chi connectivity index (χ0v) is 17.5. The fraction of sp³-hybridized carbons (Fsp3) is 0.409. The van der Waals surface area contributed by atoms with Crippen LogP contribution in [0.1, 0.15) is 29.8 Å². The molecule has 1 aliphatic rings. The summed E-state index contributed by atoms with van der Waals surface area (Å²) in [5.41, 5.74) is 4.30. The molecule has 0 aliphatic carbocycles. The first-order valence-electron chi connectivity index (χ1n) is 9.85. The molecule has 0 N–H and O–H groups in total. The van der Waals surface area contributed by atoms with Gasteiger partial charge >= 0.3 is 0 Å². The van der Waals surface area contributed by atoms with Crippen molar-refractivity contribution in [1.82, 2.24) is 13.9 Å². The highest BCUT2D eigenvalue weighted by molar-refractivity contribution is 7.89. The van der Waals surface area contributed by atoms with Gasteiger partial charge < -0.3 is 4.57 Å². The number of piperidine rings is 1. The standard InChI is InChI=1S/C22H27N3O2S/c1-16-8-9-20(14-17(16)2)28(26,27)24-12-10-19(11-13-24)15-25-18(3)23-21-6-4-5-7-22(21)25/h4-9,14,19H,10-13,15H2,1-3H3. The Kier molecular flexibility index (Phi) is 5.02. The van der Waals surface area contributed by atoms with Crippen molar-refractivity contribution in [3.63, 3.8) is 0 Å². The number of benzene rings is 2. The number of hydrogen-bond acceptors (Lipinski definition) is 3. The first kappa shape index (κ1) is 19.2. The van der Waals surface area contributed by atoms with E-state index in [0.717, 1.165) is 47.4 Å². The van der Waals surface area contributed by atoms with Crippen LogP contribution in [0.3, 0.4) is 0 Å². The van der Waals surface area contributed by atoms with Gasteiger partial charge in [-0.2, -0.15) is 4.31 Å². The van der Waals surface area contributed by atoms with Crippen molar-refractivity contribution in [2.45, 2.75) is 45.1 Å². The van der Waals surface area contributed by atoms with E-state index in [9.17, 15) is 8.42 Å². The molecule has 0 saturated carbocycles. The molecule has 0 amide bonds. The number of sulfonamides is 1. The zero-order chi connectivity index (χ0) is 19.9. The molecule has 1 aromatic heterocycles. The quantitative estimate of drug-likeness (QED) is 0.667. The fourth-order valence-electron chi connectivity index (χ4n) is 4.04. The van der Waals surface area contributed by atoms with Crippen LogP contribution in [0.15, 0.2) is 47.4 Å². The molecule has 1 aliphatic heterocycles. The lowest BCUT2D eigenvalue weighted by Crippen LogP contribution is -2.39. The highest BCUT2D eigenvalue weighted by atomic mass is 32.2. The van der Waals surface area contributed by atoms with Crippen LogP contribution in [-0.4, -0.2) is 35.4 Å². The lowest BCUT2D eigenvalue weighted by molar-refractivity contribution is 0.253. The van der Waals surface area contributed by atoms with Crippen molar-refractivity contribution in [2.75, 3.05) is 13.1 Å². The van der Waals surface area contributed by atoms with Gasteiger partial charge in [0.15, 0.2) is 0 Å². The van der Waals surface area contributed by atoms with Crippen molar-refractivity contribution in [3.05, 3.63) is 59.4 Å². The minimum atomic E-state index is -3.42. The minimum absolute atomic E-state index is 0.408. The van der Waals surface area contributed by atoms with Crippen molar-refractivity contribution in [2.24, 2.45) is 5.92 Å². The Labute approximate surface area is 167 Å². The Hall–Kier alpha value is -2.18. The Morgan fingerprint density at radius 3 is 2.43 bits per heavy atom. The van der Waals surface area contributed by atoms with Gasteiger partial charge in [0.2, 0.25) is 10.0 Å². The molecule has 0 atom stereocenters. The molecular weight excluding hydrogens is 370 g/mol. The van der Waals surface area contributed by atoms with Crippen LogP contribution in [0.4, 0.5) is 0 Å². The average molecular weight is 398 g/mol. The number of fused-ring (bicyclic) bond motifs is 1. The summed E-state index contributed by atoms with van der Waals surface area (Å²) in [6.07, 6.45) is 1.74. The van der Waals surface area contributed by atoms with E-state index in [1.54, 1.807) is 16.4 Å². The van der Waals surface area contributed by atoms with Crippen LogP contribution in [0.25, 0.3) is 11.0 Å². The van der Waals surface area contributed by atoms with Gasteiger partial charge in [0, 0.05) is 19.6 Å². The minimum Gasteiger partial charge on any atom is -0.328 e. The molecule has 148 valence electrons. The van der Waals surface area contributed by atoms with Crippen LogP contribution < -0.4 is 0 Å². The fourth-order valence-corrected chi connectivity index (χ4v) is 5.60.